The number of hydrogen-bond donors (Lipinski definition) is 2. The first-order valence-corrected chi connectivity index (χ1v) is 7.13. The van der Waals surface area contributed by atoms with E-state index < -0.39 is 5.97 Å². The molecule has 0 spiro atoms. The molecule has 7 heteroatoms. The minimum atomic E-state index is -1.02. The fourth-order valence-corrected chi connectivity index (χ4v) is 3.04. The molecule has 0 saturated heterocycles. The number of halogens is 1. The monoisotopic (exact) mass is 318 g/mol. The first-order chi connectivity index (χ1) is 7.61. The van der Waals surface area contributed by atoms with E-state index in [1.807, 2.05) is 17.7 Å². The molecule has 0 amide bonds. The standard InChI is InChI=1S/C9H7BrN2O2S2/c1-15-9-11-6(7(12-9)8(13)14)5-2-4(10)3-16-5/h2-3H,1H3,(H,11,12)(H,13,14). The molecule has 84 valence electrons. The average molecular weight is 319 g/mol. The van der Waals surface area contributed by atoms with Gasteiger partial charge in [0.15, 0.2) is 10.9 Å². The lowest BCUT2D eigenvalue weighted by Crippen LogP contribution is -1.98. The summed E-state index contributed by atoms with van der Waals surface area (Å²) >= 11 is 6.19. The lowest BCUT2D eigenvalue weighted by Gasteiger charge is -1.93. The predicted molar refractivity (Wildman–Crippen MR) is 68.3 cm³/mol. The molecule has 2 rings (SSSR count). The summed E-state index contributed by atoms with van der Waals surface area (Å²) in [4.78, 5) is 18.9. The van der Waals surface area contributed by atoms with Crippen LogP contribution in [0.15, 0.2) is 21.1 Å². The summed E-state index contributed by atoms with van der Waals surface area (Å²) in [5.41, 5.74) is 0.631. The number of rotatable bonds is 3. The molecule has 2 aromatic heterocycles. The number of aromatic amines is 1. The lowest BCUT2D eigenvalue weighted by atomic mass is 10.3. The first-order valence-electron chi connectivity index (χ1n) is 4.23. The molecule has 0 fully saturated rings. The molecule has 0 unspecified atom stereocenters. The number of thiophene rings is 1. The van der Waals surface area contributed by atoms with E-state index in [1.54, 1.807) is 0 Å². The van der Waals surface area contributed by atoms with Gasteiger partial charge in [-0.25, -0.2) is 9.78 Å². The maximum atomic E-state index is 11.0. The lowest BCUT2D eigenvalue weighted by molar-refractivity contribution is 0.0691. The van der Waals surface area contributed by atoms with Crippen LogP contribution in [0, 0.1) is 0 Å². The molecule has 0 radical (unpaired) electrons. The topological polar surface area (TPSA) is 66.0 Å². The van der Waals surface area contributed by atoms with Gasteiger partial charge in [-0.3, -0.25) is 0 Å². The minimum absolute atomic E-state index is 0.0682. The summed E-state index contributed by atoms with van der Waals surface area (Å²) in [5, 5.41) is 11.6. The highest BCUT2D eigenvalue weighted by Gasteiger charge is 2.18. The Bertz CT molecular complexity index is 535. The van der Waals surface area contributed by atoms with E-state index in [4.69, 9.17) is 5.11 Å². The van der Waals surface area contributed by atoms with Crippen molar-refractivity contribution in [2.24, 2.45) is 0 Å². The number of thioether (sulfide) groups is 1. The number of imidazole rings is 1. The van der Waals surface area contributed by atoms with Crippen molar-refractivity contribution in [3.8, 4) is 10.6 Å². The highest BCUT2D eigenvalue weighted by molar-refractivity contribution is 9.10. The Morgan fingerprint density at radius 1 is 1.69 bits per heavy atom. The normalized spacial score (nSPS) is 10.6. The molecule has 0 aliphatic heterocycles. The van der Waals surface area contributed by atoms with E-state index >= 15 is 0 Å². The van der Waals surface area contributed by atoms with E-state index in [9.17, 15) is 4.79 Å². The Hall–Kier alpha value is -0.790. The van der Waals surface area contributed by atoms with Crippen molar-refractivity contribution in [3.63, 3.8) is 0 Å². The second-order valence-corrected chi connectivity index (χ2v) is 5.53. The van der Waals surface area contributed by atoms with Gasteiger partial charge in [0.1, 0.15) is 0 Å². The number of carboxylic acid groups (broad SMARTS) is 1. The maximum Gasteiger partial charge on any atom is 0.356 e. The van der Waals surface area contributed by atoms with Crippen LogP contribution in [0.2, 0.25) is 0 Å². The number of aromatic carboxylic acids is 1. The highest BCUT2D eigenvalue weighted by atomic mass is 79.9. The van der Waals surface area contributed by atoms with E-state index in [1.165, 1.54) is 23.1 Å². The smallest absolute Gasteiger partial charge is 0.356 e. The quantitative estimate of drug-likeness (QED) is 0.852. The molecule has 0 aromatic carbocycles. The van der Waals surface area contributed by atoms with Crippen molar-refractivity contribution in [1.82, 2.24) is 9.97 Å². The second kappa shape index (κ2) is 4.60. The number of carbonyl (C=O) groups is 1. The molecular formula is C9H7BrN2O2S2. The third-order valence-corrected chi connectivity index (χ3v) is 4.18. The number of nitrogens with zero attached hydrogens (tertiary/aromatic N) is 1. The van der Waals surface area contributed by atoms with Gasteiger partial charge in [0.25, 0.3) is 0 Å². The third kappa shape index (κ3) is 2.16. The molecule has 0 atom stereocenters. The molecule has 0 aliphatic carbocycles. The zero-order valence-corrected chi connectivity index (χ0v) is 11.4. The molecule has 2 N–H and O–H groups in total. The van der Waals surface area contributed by atoms with Crippen molar-refractivity contribution in [2.75, 3.05) is 6.26 Å². The van der Waals surface area contributed by atoms with Crippen molar-refractivity contribution in [1.29, 1.82) is 0 Å². The fourth-order valence-electron chi connectivity index (χ4n) is 1.23. The summed E-state index contributed by atoms with van der Waals surface area (Å²) in [6.45, 7) is 0. The van der Waals surface area contributed by atoms with Gasteiger partial charge in [0, 0.05) is 9.85 Å². The maximum absolute atomic E-state index is 11.0. The van der Waals surface area contributed by atoms with Gasteiger partial charge in [-0.1, -0.05) is 11.8 Å². The minimum Gasteiger partial charge on any atom is -0.476 e. The predicted octanol–water partition coefficient (Wildman–Crippen LogP) is 3.32. The van der Waals surface area contributed by atoms with Crippen molar-refractivity contribution >= 4 is 45.0 Å². The van der Waals surface area contributed by atoms with E-state index in [0.29, 0.717) is 10.9 Å². The molecule has 2 aromatic rings. The van der Waals surface area contributed by atoms with E-state index in [-0.39, 0.29) is 5.69 Å². The number of nitrogens with one attached hydrogen (secondary N) is 1. The Kier molecular flexibility index (Phi) is 3.36. The summed E-state index contributed by atoms with van der Waals surface area (Å²) < 4.78 is 0.934. The van der Waals surface area contributed by atoms with E-state index in [2.05, 4.69) is 25.9 Å². The number of H-pyrrole nitrogens is 1. The molecule has 0 saturated carbocycles. The van der Waals surface area contributed by atoms with Crippen LogP contribution in [-0.4, -0.2) is 27.3 Å². The van der Waals surface area contributed by atoms with Gasteiger partial charge in [-0.05, 0) is 28.3 Å². The van der Waals surface area contributed by atoms with E-state index in [0.717, 1.165) is 9.35 Å². The zero-order chi connectivity index (χ0) is 11.7. The van der Waals surface area contributed by atoms with Crippen molar-refractivity contribution in [3.05, 3.63) is 21.6 Å². The van der Waals surface area contributed by atoms with Crippen LogP contribution in [-0.2, 0) is 0 Å². The van der Waals surface area contributed by atoms with Crippen LogP contribution >= 0.6 is 39.0 Å². The number of hydrogen-bond acceptors (Lipinski definition) is 4. The molecular weight excluding hydrogens is 312 g/mol. The molecule has 2 heterocycles. The summed E-state index contributed by atoms with van der Waals surface area (Å²) in [6.07, 6.45) is 1.85. The zero-order valence-electron chi connectivity index (χ0n) is 8.15. The molecule has 16 heavy (non-hydrogen) atoms. The van der Waals surface area contributed by atoms with Gasteiger partial charge in [0.05, 0.1) is 10.6 Å². The average Bonchev–Trinajstić information content (AvgIpc) is 2.82. The van der Waals surface area contributed by atoms with Crippen LogP contribution in [0.25, 0.3) is 10.6 Å². The highest BCUT2D eigenvalue weighted by Crippen LogP contribution is 2.32. The molecule has 4 nitrogen and oxygen atoms in total. The van der Waals surface area contributed by atoms with Crippen LogP contribution in [0.1, 0.15) is 10.5 Å². The van der Waals surface area contributed by atoms with Crippen molar-refractivity contribution < 1.29 is 9.90 Å². The van der Waals surface area contributed by atoms with Gasteiger partial charge in [0.2, 0.25) is 0 Å². The second-order valence-electron chi connectivity index (χ2n) is 2.90. The van der Waals surface area contributed by atoms with Crippen LogP contribution in [0.4, 0.5) is 0 Å². The number of carboxylic acids is 1. The Balaban J connectivity index is 2.54. The summed E-state index contributed by atoms with van der Waals surface area (Å²) in [7, 11) is 0. The first kappa shape index (κ1) is 11.7. The SMILES string of the molecule is CSc1nc(C(=O)O)c(-c2cc(Br)cs2)[nH]1. The van der Waals surface area contributed by atoms with Crippen LogP contribution < -0.4 is 0 Å². The van der Waals surface area contributed by atoms with Crippen LogP contribution in [0.5, 0.6) is 0 Å². The van der Waals surface area contributed by atoms with Gasteiger partial charge in [-0.15, -0.1) is 11.3 Å². The Morgan fingerprint density at radius 2 is 2.44 bits per heavy atom. The van der Waals surface area contributed by atoms with Gasteiger partial charge in [-0.2, -0.15) is 0 Å². The Morgan fingerprint density at radius 3 is 2.94 bits per heavy atom. The van der Waals surface area contributed by atoms with Crippen molar-refractivity contribution in [2.45, 2.75) is 5.16 Å². The number of aromatic nitrogens is 2. The molecule has 0 aliphatic rings. The summed E-state index contributed by atoms with van der Waals surface area (Å²) in [5.74, 6) is -1.02. The van der Waals surface area contributed by atoms with Gasteiger partial charge < -0.3 is 10.1 Å². The largest absolute Gasteiger partial charge is 0.476 e. The Labute approximate surface area is 108 Å². The summed E-state index contributed by atoms with van der Waals surface area (Å²) in [6, 6.07) is 1.87. The fraction of sp³-hybridized carbons (Fsp3) is 0.111. The van der Waals surface area contributed by atoms with Crippen LogP contribution in [0.3, 0.4) is 0 Å². The van der Waals surface area contributed by atoms with Gasteiger partial charge >= 0.3 is 5.97 Å². The third-order valence-electron chi connectivity index (χ3n) is 1.89. The molecule has 0 bridgehead atoms.